The van der Waals surface area contributed by atoms with Gasteiger partial charge in [-0.25, -0.2) is 0 Å². The lowest BCUT2D eigenvalue weighted by Gasteiger charge is -2.12. The molecule has 78 valence electrons. The van der Waals surface area contributed by atoms with E-state index in [9.17, 15) is 0 Å². The molecule has 2 rings (SSSR count). The van der Waals surface area contributed by atoms with Crippen LogP contribution < -0.4 is 4.74 Å². The summed E-state index contributed by atoms with van der Waals surface area (Å²) < 4.78 is 6.88. The molecule has 0 saturated carbocycles. The third kappa shape index (κ3) is 2.96. The van der Waals surface area contributed by atoms with Gasteiger partial charge in [-0.3, -0.25) is 0 Å². The molecular formula is C13H13BrO. The molecule has 1 aromatic rings. The number of aryl methyl sites for hydroxylation is 1. The summed E-state index contributed by atoms with van der Waals surface area (Å²) in [4.78, 5) is 0. The summed E-state index contributed by atoms with van der Waals surface area (Å²) in [5.74, 6) is 1.93. The highest BCUT2D eigenvalue weighted by atomic mass is 79.9. The van der Waals surface area contributed by atoms with Gasteiger partial charge in [-0.05, 0) is 31.6 Å². The Bertz CT molecular complexity index is 401. The zero-order chi connectivity index (χ0) is 10.7. The van der Waals surface area contributed by atoms with E-state index in [1.807, 2.05) is 18.2 Å². The number of benzene rings is 1. The predicted octanol–water partition coefficient (Wildman–Crippen LogP) is 4.33. The van der Waals surface area contributed by atoms with Crippen LogP contribution >= 0.6 is 15.9 Å². The monoisotopic (exact) mass is 264 g/mol. The number of rotatable bonds is 2. The smallest absolute Gasteiger partial charge is 0.126 e. The third-order valence-corrected chi connectivity index (χ3v) is 2.85. The Balaban J connectivity index is 2.09. The van der Waals surface area contributed by atoms with E-state index in [4.69, 9.17) is 4.74 Å². The average molecular weight is 265 g/mol. The van der Waals surface area contributed by atoms with Gasteiger partial charge >= 0.3 is 0 Å². The molecule has 1 aromatic carbocycles. The van der Waals surface area contributed by atoms with E-state index in [-0.39, 0.29) is 0 Å². The first-order valence-electron chi connectivity index (χ1n) is 5.05. The molecule has 0 unspecified atom stereocenters. The van der Waals surface area contributed by atoms with E-state index in [1.165, 1.54) is 5.56 Å². The molecule has 0 amide bonds. The standard InChI is InChI=1S/C13H13BrO/c1-10-5-7-12(8-6-10)15-13-4-2-3-11(14)9-13/h3,5-9H,2,4H2,1H3. The fraction of sp³-hybridized carbons (Fsp3) is 0.231. The van der Waals surface area contributed by atoms with Gasteiger partial charge in [0.05, 0.1) is 0 Å². The Labute approximate surface area is 98.6 Å². The largest absolute Gasteiger partial charge is 0.462 e. The maximum absolute atomic E-state index is 5.77. The van der Waals surface area contributed by atoms with Crippen molar-refractivity contribution >= 4 is 15.9 Å². The summed E-state index contributed by atoms with van der Waals surface area (Å²) in [5, 5.41) is 0. The highest BCUT2D eigenvalue weighted by molar-refractivity contribution is 9.11. The van der Waals surface area contributed by atoms with Crippen molar-refractivity contribution in [3.05, 3.63) is 52.2 Å². The van der Waals surface area contributed by atoms with Crippen molar-refractivity contribution in [3.63, 3.8) is 0 Å². The average Bonchev–Trinajstić information content (AvgIpc) is 2.22. The number of hydrogen-bond acceptors (Lipinski definition) is 1. The van der Waals surface area contributed by atoms with Crippen LogP contribution in [0.1, 0.15) is 18.4 Å². The van der Waals surface area contributed by atoms with Gasteiger partial charge in [0.25, 0.3) is 0 Å². The van der Waals surface area contributed by atoms with E-state index in [2.05, 4.69) is 41.1 Å². The maximum atomic E-state index is 5.77. The molecule has 0 saturated heterocycles. The Morgan fingerprint density at radius 2 is 1.93 bits per heavy atom. The molecule has 0 fully saturated rings. The number of allylic oxidation sites excluding steroid dienone is 4. The SMILES string of the molecule is Cc1ccc(OC2=CC(Br)=CCC2)cc1. The zero-order valence-corrected chi connectivity index (χ0v) is 10.3. The minimum absolute atomic E-state index is 0.911. The lowest BCUT2D eigenvalue weighted by molar-refractivity contribution is 0.402. The van der Waals surface area contributed by atoms with Gasteiger partial charge in [0, 0.05) is 10.9 Å². The van der Waals surface area contributed by atoms with Gasteiger partial charge in [-0.15, -0.1) is 0 Å². The molecule has 2 heteroatoms. The fourth-order valence-corrected chi connectivity index (χ4v) is 1.96. The third-order valence-electron chi connectivity index (χ3n) is 2.30. The van der Waals surface area contributed by atoms with E-state index >= 15 is 0 Å². The number of ether oxygens (including phenoxy) is 1. The first-order chi connectivity index (χ1) is 7.24. The van der Waals surface area contributed by atoms with Gasteiger partial charge < -0.3 is 4.74 Å². The number of halogens is 1. The van der Waals surface area contributed by atoms with Crippen molar-refractivity contribution in [2.75, 3.05) is 0 Å². The lowest BCUT2D eigenvalue weighted by atomic mass is 10.1. The van der Waals surface area contributed by atoms with Crippen LogP contribution in [0.4, 0.5) is 0 Å². The van der Waals surface area contributed by atoms with Crippen LogP contribution in [0.2, 0.25) is 0 Å². The van der Waals surface area contributed by atoms with Crippen LogP contribution in [0.25, 0.3) is 0 Å². The first-order valence-corrected chi connectivity index (χ1v) is 5.84. The minimum atomic E-state index is 0.911. The van der Waals surface area contributed by atoms with Gasteiger partial charge in [-0.2, -0.15) is 0 Å². The summed E-state index contributed by atoms with van der Waals surface area (Å²) >= 11 is 3.46. The van der Waals surface area contributed by atoms with Crippen molar-refractivity contribution in [2.45, 2.75) is 19.8 Å². The molecule has 0 bridgehead atoms. The highest BCUT2D eigenvalue weighted by Crippen LogP contribution is 2.24. The van der Waals surface area contributed by atoms with E-state index < -0.39 is 0 Å². The summed E-state index contributed by atoms with van der Waals surface area (Å²) in [7, 11) is 0. The van der Waals surface area contributed by atoms with Crippen LogP contribution in [-0.4, -0.2) is 0 Å². The summed E-state index contributed by atoms with van der Waals surface area (Å²) in [6.45, 7) is 2.07. The summed E-state index contributed by atoms with van der Waals surface area (Å²) in [5.41, 5.74) is 1.25. The van der Waals surface area contributed by atoms with Crippen LogP contribution in [0.3, 0.4) is 0 Å². The van der Waals surface area contributed by atoms with Crippen LogP contribution in [0.15, 0.2) is 46.7 Å². The molecular weight excluding hydrogens is 252 g/mol. The molecule has 0 atom stereocenters. The van der Waals surface area contributed by atoms with Crippen LogP contribution in [0.5, 0.6) is 5.75 Å². The minimum Gasteiger partial charge on any atom is -0.462 e. The molecule has 1 aliphatic carbocycles. The fourth-order valence-electron chi connectivity index (χ4n) is 1.48. The molecule has 0 heterocycles. The van der Waals surface area contributed by atoms with Gasteiger partial charge in [0.2, 0.25) is 0 Å². The van der Waals surface area contributed by atoms with Crippen LogP contribution in [0, 0.1) is 6.92 Å². The Morgan fingerprint density at radius 1 is 1.20 bits per heavy atom. The molecule has 1 nitrogen and oxygen atoms in total. The molecule has 0 N–H and O–H groups in total. The van der Waals surface area contributed by atoms with Gasteiger partial charge in [0.15, 0.2) is 0 Å². The second kappa shape index (κ2) is 4.67. The molecule has 0 radical (unpaired) electrons. The van der Waals surface area contributed by atoms with Crippen molar-refractivity contribution in [2.24, 2.45) is 0 Å². The lowest BCUT2D eigenvalue weighted by Crippen LogP contribution is -1.98. The Hall–Kier alpha value is -1.02. The van der Waals surface area contributed by atoms with Crippen molar-refractivity contribution in [3.8, 4) is 5.75 Å². The highest BCUT2D eigenvalue weighted by Gasteiger charge is 2.05. The van der Waals surface area contributed by atoms with E-state index in [0.717, 1.165) is 28.8 Å². The zero-order valence-electron chi connectivity index (χ0n) is 8.66. The van der Waals surface area contributed by atoms with Gasteiger partial charge in [-0.1, -0.05) is 39.7 Å². The predicted molar refractivity (Wildman–Crippen MR) is 66.1 cm³/mol. The Kier molecular flexibility index (Phi) is 3.27. The molecule has 0 aromatic heterocycles. The number of hydrogen-bond donors (Lipinski definition) is 0. The van der Waals surface area contributed by atoms with Crippen molar-refractivity contribution in [1.29, 1.82) is 0 Å². The quantitative estimate of drug-likeness (QED) is 0.773. The topological polar surface area (TPSA) is 9.23 Å². The molecule has 1 aliphatic rings. The van der Waals surface area contributed by atoms with E-state index in [0.29, 0.717) is 0 Å². The molecule has 15 heavy (non-hydrogen) atoms. The van der Waals surface area contributed by atoms with E-state index in [1.54, 1.807) is 0 Å². The molecule has 0 spiro atoms. The van der Waals surface area contributed by atoms with Crippen LogP contribution in [-0.2, 0) is 0 Å². The molecule has 0 aliphatic heterocycles. The maximum Gasteiger partial charge on any atom is 0.126 e. The van der Waals surface area contributed by atoms with Crippen molar-refractivity contribution in [1.82, 2.24) is 0 Å². The Morgan fingerprint density at radius 3 is 2.60 bits per heavy atom. The van der Waals surface area contributed by atoms with Gasteiger partial charge in [0.1, 0.15) is 11.5 Å². The second-order valence-corrected chi connectivity index (χ2v) is 4.57. The van der Waals surface area contributed by atoms with Crippen molar-refractivity contribution < 1.29 is 4.74 Å². The summed E-state index contributed by atoms with van der Waals surface area (Å²) in [6, 6.07) is 8.12. The second-order valence-electron chi connectivity index (χ2n) is 3.65. The summed E-state index contributed by atoms with van der Waals surface area (Å²) in [6.07, 6.45) is 6.20. The normalized spacial score (nSPS) is 15.6. The first kappa shape index (κ1) is 10.5.